The van der Waals surface area contributed by atoms with Crippen molar-refractivity contribution < 1.29 is 9.59 Å². The number of hydrogen-bond donors (Lipinski definition) is 1. The van der Waals surface area contributed by atoms with E-state index in [9.17, 15) is 9.59 Å². The normalized spacial score (nSPS) is 12.6. The van der Waals surface area contributed by atoms with E-state index in [0.717, 1.165) is 16.7 Å². The highest BCUT2D eigenvalue weighted by Gasteiger charge is 2.36. The van der Waals surface area contributed by atoms with Gasteiger partial charge in [-0.3, -0.25) is 15.0 Å². The molecule has 1 atom stereocenters. The molecule has 0 aromatic heterocycles. The van der Waals surface area contributed by atoms with Crippen molar-refractivity contribution in [2.45, 2.75) is 59.9 Å². The molecule has 0 aliphatic heterocycles. The Bertz CT molecular complexity index is 883. The molecule has 1 unspecified atom stereocenters. The van der Waals surface area contributed by atoms with Gasteiger partial charge in [-0.25, -0.2) is 5.01 Å². The quantitative estimate of drug-likeness (QED) is 0.655. The largest absolute Gasteiger partial charge is 0.272 e. The Kier molecular flexibility index (Phi) is 7.12. The number of rotatable bonds is 4. The van der Waals surface area contributed by atoms with Crippen LogP contribution in [0.3, 0.4) is 0 Å². The molecule has 0 heterocycles. The van der Waals surface area contributed by atoms with Gasteiger partial charge in [-0.05, 0) is 75.4 Å². The summed E-state index contributed by atoms with van der Waals surface area (Å²) in [5.41, 5.74) is 5.67. The van der Waals surface area contributed by atoms with Crippen molar-refractivity contribution in [3.05, 3.63) is 69.7 Å². The zero-order chi connectivity index (χ0) is 21.9. The first kappa shape index (κ1) is 23.0. The zero-order valence-corrected chi connectivity index (χ0v) is 19.1. The lowest BCUT2D eigenvalue weighted by Gasteiger charge is -2.39. The van der Waals surface area contributed by atoms with Gasteiger partial charge in [-0.2, -0.15) is 0 Å². The van der Waals surface area contributed by atoms with Gasteiger partial charge in [-0.15, -0.1) is 0 Å². The zero-order valence-electron chi connectivity index (χ0n) is 18.3. The lowest BCUT2D eigenvalue weighted by Crippen LogP contribution is -2.57. The van der Waals surface area contributed by atoms with Crippen LogP contribution in [0, 0.1) is 19.8 Å². The van der Waals surface area contributed by atoms with E-state index in [4.69, 9.17) is 11.6 Å². The second-order valence-corrected chi connectivity index (χ2v) is 9.24. The van der Waals surface area contributed by atoms with Crippen molar-refractivity contribution in [1.82, 2.24) is 10.4 Å². The van der Waals surface area contributed by atoms with Gasteiger partial charge in [0.1, 0.15) is 0 Å². The average Bonchev–Trinajstić information content (AvgIpc) is 2.62. The molecule has 2 aromatic carbocycles. The molecule has 29 heavy (non-hydrogen) atoms. The minimum absolute atomic E-state index is 0.0473. The molecule has 0 saturated carbocycles. The van der Waals surface area contributed by atoms with Crippen molar-refractivity contribution in [1.29, 1.82) is 0 Å². The van der Waals surface area contributed by atoms with Crippen molar-refractivity contribution in [2.24, 2.45) is 5.92 Å². The predicted molar refractivity (Wildman–Crippen MR) is 119 cm³/mol. The topological polar surface area (TPSA) is 49.4 Å². The predicted octanol–water partition coefficient (Wildman–Crippen LogP) is 5.67. The molecule has 1 N–H and O–H groups in total. The number of halogens is 1. The van der Waals surface area contributed by atoms with Crippen LogP contribution in [0.15, 0.2) is 42.5 Å². The summed E-state index contributed by atoms with van der Waals surface area (Å²) in [5, 5.41) is 2.09. The number of amides is 2. The van der Waals surface area contributed by atoms with Crippen molar-refractivity contribution in [3.8, 4) is 0 Å². The summed E-state index contributed by atoms with van der Waals surface area (Å²) in [6.45, 7) is 13.6. The molecular formula is C24H31ClN2O2. The maximum absolute atomic E-state index is 13.6. The fourth-order valence-corrected chi connectivity index (χ4v) is 3.46. The number of carbonyl (C=O) groups excluding carboxylic acids is 2. The molecule has 2 aromatic rings. The Balaban J connectivity index is 2.40. The number of hydrogen-bond acceptors (Lipinski definition) is 2. The minimum Gasteiger partial charge on any atom is -0.272 e. The SMILES string of the molecule is Cc1cccc(C(=O)NN(C(=O)C(c2ccc(Cl)cc2)C(C)C)C(C)(C)C)c1C. The van der Waals surface area contributed by atoms with Gasteiger partial charge in [-0.1, -0.05) is 49.7 Å². The maximum Gasteiger partial charge on any atom is 0.270 e. The minimum atomic E-state index is -0.593. The molecule has 0 bridgehead atoms. The number of hydrazine groups is 1. The molecule has 2 rings (SSSR count). The summed E-state index contributed by atoms with van der Waals surface area (Å²) >= 11 is 6.02. The summed E-state index contributed by atoms with van der Waals surface area (Å²) in [7, 11) is 0. The molecule has 0 radical (unpaired) electrons. The Morgan fingerprint density at radius 3 is 2.10 bits per heavy atom. The van der Waals surface area contributed by atoms with Gasteiger partial charge in [0.2, 0.25) is 5.91 Å². The summed E-state index contributed by atoms with van der Waals surface area (Å²) in [6, 6.07) is 12.9. The number of nitrogens with zero attached hydrogens (tertiary/aromatic N) is 1. The van der Waals surface area contributed by atoms with Gasteiger partial charge in [0, 0.05) is 10.6 Å². The van der Waals surface area contributed by atoms with E-state index in [1.54, 1.807) is 18.2 Å². The Hall–Kier alpha value is -2.33. The van der Waals surface area contributed by atoms with Gasteiger partial charge in [0.15, 0.2) is 0 Å². The Labute approximate surface area is 179 Å². The van der Waals surface area contributed by atoms with Crippen molar-refractivity contribution in [3.63, 3.8) is 0 Å². The van der Waals surface area contributed by atoms with Crippen LogP contribution in [-0.2, 0) is 4.79 Å². The molecular weight excluding hydrogens is 384 g/mol. The molecule has 156 valence electrons. The highest BCUT2D eigenvalue weighted by molar-refractivity contribution is 6.30. The van der Waals surface area contributed by atoms with E-state index in [0.29, 0.717) is 10.6 Å². The second kappa shape index (κ2) is 9.00. The van der Waals surface area contributed by atoms with Crippen molar-refractivity contribution in [2.75, 3.05) is 0 Å². The van der Waals surface area contributed by atoms with Gasteiger partial charge in [0.25, 0.3) is 5.91 Å². The molecule has 2 amide bonds. The first-order valence-corrected chi connectivity index (χ1v) is 10.3. The molecule has 0 saturated heterocycles. The van der Waals surface area contributed by atoms with Crippen LogP contribution in [0.5, 0.6) is 0 Å². The van der Waals surface area contributed by atoms with E-state index in [2.05, 4.69) is 5.43 Å². The lowest BCUT2D eigenvalue weighted by molar-refractivity contribution is -0.142. The van der Waals surface area contributed by atoms with E-state index < -0.39 is 11.5 Å². The average molecular weight is 415 g/mol. The molecule has 0 spiro atoms. The molecule has 0 aliphatic carbocycles. The first-order valence-electron chi connectivity index (χ1n) is 9.90. The van der Waals surface area contributed by atoms with Crippen LogP contribution in [-0.4, -0.2) is 22.4 Å². The Morgan fingerprint density at radius 1 is 1.00 bits per heavy atom. The Morgan fingerprint density at radius 2 is 1.59 bits per heavy atom. The fourth-order valence-electron chi connectivity index (χ4n) is 3.33. The van der Waals surface area contributed by atoms with E-state index in [1.165, 1.54) is 5.01 Å². The van der Waals surface area contributed by atoms with Crippen LogP contribution >= 0.6 is 11.6 Å². The van der Waals surface area contributed by atoms with E-state index in [1.807, 2.05) is 72.7 Å². The van der Waals surface area contributed by atoms with Crippen LogP contribution < -0.4 is 5.43 Å². The number of nitrogens with one attached hydrogen (secondary N) is 1. The van der Waals surface area contributed by atoms with Gasteiger partial charge in [0.05, 0.1) is 11.5 Å². The van der Waals surface area contributed by atoms with Crippen LogP contribution in [0.1, 0.15) is 67.6 Å². The van der Waals surface area contributed by atoms with Gasteiger partial charge < -0.3 is 0 Å². The second-order valence-electron chi connectivity index (χ2n) is 8.81. The molecule has 5 heteroatoms. The van der Waals surface area contributed by atoms with E-state index in [-0.39, 0.29) is 17.7 Å². The highest BCUT2D eigenvalue weighted by atomic mass is 35.5. The lowest BCUT2D eigenvalue weighted by atomic mass is 9.86. The summed E-state index contributed by atoms with van der Waals surface area (Å²) in [5.74, 6) is -0.780. The maximum atomic E-state index is 13.6. The number of carbonyl (C=O) groups is 2. The molecule has 0 aliphatic rings. The monoisotopic (exact) mass is 414 g/mol. The van der Waals surface area contributed by atoms with E-state index >= 15 is 0 Å². The number of aryl methyl sites for hydroxylation is 1. The third kappa shape index (κ3) is 5.39. The summed E-state index contributed by atoms with van der Waals surface area (Å²) in [6.07, 6.45) is 0. The number of benzene rings is 2. The first-order chi connectivity index (χ1) is 13.4. The summed E-state index contributed by atoms with van der Waals surface area (Å²) in [4.78, 5) is 26.6. The van der Waals surface area contributed by atoms with Crippen LogP contribution in [0.4, 0.5) is 0 Å². The smallest absolute Gasteiger partial charge is 0.270 e. The summed E-state index contributed by atoms with van der Waals surface area (Å²) < 4.78 is 0. The molecule has 4 nitrogen and oxygen atoms in total. The van der Waals surface area contributed by atoms with Gasteiger partial charge >= 0.3 is 0 Å². The standard InChI is InChI=1S/C24H31ClN2O2/c1-15(2)21(18-11-13-19(25)14-12-18)23(29)27(24(5,6)7)26-22(28)20-10-8-9-16(3)17(20)4/h8-15,21H,1-7H3,(H,26,28). The molecule has 0 fully saturated rings. The highest BCUT2D eigenvalue weighted by Crippen LogP contribution is 2.30. The third-order valence-corrected chi connectivity index (χ3v) is 5.37. The van der Waals surface area contributed by atoms with Crippen molar-refractivity contribution >= 4 is 23.4 Å². The third-order valence-electron chi connectivity index (χ3n) is 5.12. The fraction of sp³-hybridized carbons (Fsp3) is 0.417. The van der Waals surface area contributed by atoms with Crippen LogP contribution in [0.25, 0.3) is 0 Å². The van der Waals surface area contributed by atoms with Crippen LogP contribution in [0.2, 0.25) is 5.02 Å².